The smallest absolute Gasteiger partial charge is 0.224 e. The molecule has 0 bridgehead atoms. The van der Waals surface area contributed by atoms with Crippen molar-refractivity contribution in [1.82, 2.24) is 5.32 Å². The fourth-order valence-electron chi connectivity index (χ4n) is 1.59. The van der Waals surface area contributed by atoms with Gasteiger partial charge in [0.25, 0.3) is 0 Å². The Kier molecular flexibility index (Phi) is 5.82. The van der Waals surface area contributed by atoms with Crippen LogP contribution in [0.1, 0.15) is 25.0 Å². The maximum atomic E-state index is 11.8. The number of hydrogen-bond acceptors (Lipinski definition) is 3. The van der Waals surface area contributed by atoms with Gasteiger partial charge in [-0.1, -0.05) is 31.2 Å². The minimum Gasteiger partial charge on any atom is -0.380 e. The number of hydrogen-bond donors (Lipinski definition) is 2. The summed E-state index contributed by atoms with van der Waals surface area (Å²) in [5, 5.41) is 2.89. The van der Waals surface area contributed by atoms with E-state index in [9.17, 15) is 4.79 Å². The van der Waals surface area contributed by atoms with Crippen LogP contribution in [0.25, 0.3) is 0 Å². The Morgan fingerprint density at radius 1 is 1.39 bits per heavy atom. The normalized spacial score (nSPS) is 14.0. The monoisotopic (exact) mass is 250 g/mol. The summed E-state index contributed by atoms with van der Waals surface area (Å²) in [6.07, 6.45) is 0. The second kappa shape index (κ2) is 7.13. The highest BCUT2D eigenvalue weighted by Crippen LogP contribution is 2.07. The highest BCUT2D eigenvalue weighted by Gasteiger charge is 2.16. The zero-order valence-corrected chi connectivity index (χ0v) is 11.3. The molecule has 100 valence electrons. The van der Waals surface area contributed by atoms with Gasteiger partial charge in [0.05, 0.1) is 6.61 Å². The molecule has 18 heavy (non-hydrogen) atoms. The van der Waals surface area contributed by atoms with Crippen LogP contribution in [0.4, 0.5) is 0 Å². The molecular weight excluding hydrogens is 228 g/mol. The SMILES string of the molecule is COCc1cccc(CNC(=O)C(C)C(C)N)c1. The fourth-order valence-corrected chi connectivity index (χ4v) is 1.59. The van der Waals surface area contributed by atoms with Crippen molar-refractivity contribution in [1.29, 1.82) is 0 Å². The third kappa shape index (κ3) is 4.47. The van der Waals surface area contributed by atoms with Gasteiger partial charge in [0.1, 0.15) is 0 Å². The minimum absolute atomic E-state index is 0.0119. The van der Waals surface area contributed by atoms with Gasteiger partial charge in [-0.2, -0.15) is 0 Å². The molecule has 2 unspecified atom stereocenters. The molecule has 0 saturated carbocycles. The summed E-state index contributed by atoms with van der Waals surface area (Å²) in [7, 11) is 1.67. The van der Waals surface area contributed by atoms with E-state index in [4.69, 9.17) is 10.5 Å². The number of nitrogens with one attached hydrogen (secondary N) is 1. The first-order valence-electron chi connectivity index (χ1n) is 6.14. The van der Waals surface area contributed by atoms with Gasteiger partial charge in [-0.15, -0.1) is 0 Å². The average molecular weight is 250 g/mol. The lowest BCUT2D eigenvalue weighted by molar-refractivity contribution is -0.125. The summed E-state index contributed by atoms with van der Waals surface area (Å²) in [4.78, 5) is 11.8. The van der Waals surface area contributed by atoms with Gasteiger partial charge in [0, 0.05) is 25.6 Å². The molecule has 3 N–H and O–H groups in total. The van der Waals surface area contributed by atoms with Crippen LogP contribution in [-0.2, 0) is 22.7 Å². The molecule has 2 atom stereocenters. The molecule has 0 aromatic heterocycles. The number of amides is 1. The summed E-state index contributed by atoms with van der Waals surface area (Å²) in [5.74, 6) is -0.186. The Morgan fingerprint density at radius 3 is 2.67 bits per heavy atom. The van der Waals surface area contributed by atoms with Crippen molar-refractivity contribution in [2.45, 2.75) is 33.0 Å². The van der Waals surface area contributed by atoms with E-state index >= 15 is 0 Å². The van der Waals surface area contributed by atoms with E-state index in [0.717, 1.165) is 11.1 Å². The molecule has 0 aliphatic carbocycles. The zero-order valence-electron chi connectivity index (χ0n) is 11.3. The Morgan fingerprint density at radius 2 is 2.06 bits per heavy atom. The molecule has 4 nitrogen and oxygen atoms in total. The Hall–Kier alpha value is -1.39. The molecule has 1 aromatic rings. The lowest BCUT2D eigenvalue weighted by Crippen LogP contribution is -2.38. The van der Waals surface area contributed by atoms with Gasteiger partial charge in [-0.05, 0) is 18.1 Å². The van der Waals surface area contributed by atoms with Gasteiger partial charge < -0.3 is 15.8 Å². The Labute approximate surface area is 109 Å². The van der Waals surface area contributed by atoms with Crippen molar-refractivity contribution in [3.63, 3.8) is 0 Å². The minimum atomic E-state index is -0.174. The maximum absolute atomic E-state index is 11.8. The predicted octanol–water partition coefficient (Wildman–Crippen LogP) is 1.43. The fraction of sp³-hybridized carbons (Fsp3) is 0.500. The number of carbonyl (C=O) groups is 1. The molecule has 0 aliphatic heterocycles. The lowest BCUT2D eigenvalue weighted by Gasteiger charge is -2.15. The molecule has 1 rings (SSSR count). The van der Waals surface area contributed by atoms with Crippen molar-refractivity contribution in [3.05, 3.63) is 35.4 Å². The van der Waals surface area contributed by atoms with Crippen molar-refractivity contribution in [3.8, 4) is 0 Å². The van der Waals surface area contributed by atoms with E-state index in [0.29, 0.717) is 13.2 Å². The quantitative estimate of drug-likeness (QED) is 0.803. The van der Waals surface area contributed by atoms with E-state index < -0.39 is 0 Å². The first-order valence-corrected chi connectivity index (χ1v) is 6.14. The summed E-state index contributed by atoms with van der Waals surface area (Å²) in [6.45, 7) is 4.77. The van der Waals surface area contributed by atoms with Crippen molar-refractivity contribution >= 4 is 5.91 Å². The van der Waals surface area contributed by atoms with Gasteiger partial charge >= 0.3 is 0 Å². The van der Waals surface area contributed by atoms with Gasteiger partial charge in [0.2, 0.25) is 5.91 Å². The number of ether oxygens (including phenoxy) is 1. The summed E-state index contributed by atoms with van der Waals surface area (Å²) < 4.78 is 5.07. The largest absolute Gasteiger partial charge is 0.380 e. The highest BCUT2D eigenvalue weighted by atomic mass is 16.5. The maximum Gasteiger partial charge on any atom is 0.224 e. The van der Waals surface area contributed by atoms with Crippen LogP contribution in [0, 0.1) is 5.92 Å². The third-order valence-corrected chi connectivity index (χ3v) is 2.97. The molecule has 0 saturated heterocycles. The van der Waals surface area contributed by atoms with Crippen LogP contribution in [0.3, 0.4) is 0 Å². The van der Waals surface area contributed by atoms with Crippen LogP contribution < -0.4 is 11.1 Å². The zero-order chi connectivity index (χ0) is 13.5. The van der Waals surface area contributed by atoms with E-state index in [1.54, 1.807) is 7.11 Å². The topological polar surface area (TPSA) is 64.3 Å². The van der Waals surface area contributed by atoms with Crippen LogP contribution in [-0.4, -0.2) is 19.1 Å². The summed E-state index contributed by atoms with van der Waals surface area (Å²) >= 11 is 0. The van der Waals surface area contributed by atoms with Crippen LogP contribution in [0.2, 0.25) is 0 Å². The van der Waals surface area contributed by atoms with E-state index in [2.05, 4.69) is 5.32 Å². The van der Waals surface area contributed by atoms with Crippen LogP contribution >= 0.6 is 0 Å². The first-order chi connectivity index (χ1) is 8.54. The number of benzene rings is 1. The predicted molar refractivity (Wildman–Crippen MR) is 71.8 cm³/mol. The molecule has 1 amide bonds. The molecule has 1 aromatic carbocycles. The van der Waals surface area contributed by atoms with Gasteiger partial charge in [0.15, 0.2) is 0 Å². The number of carbonyl (C=O) groups excluding carboxylic acids is 1. The second-order valence-electron chi connectivity index (χ2n) is 4.62. The third-order valence-electron chi connectivity index (χ3n) is 2.97. The standard InChI is InChI=1S/C14H22N2O2/c1-10(11(2)15)14(17)16-8-12-5-4-6-13(7-12)9-18-3/h4-7,10-11H,8-9,15H2,1-3H3,(H,16,17). The van der Waals surface area contributed by atoms with Gasteiger partial charge in [-0.3, -0.25) is 4.79 Å². The molecule has 0 heterocycles. The van der Waals surface area contributed by atoms with E-state index in [-0.39, 0.29) is 17.9 Å². The first kappa shape index (κ1) is 14.7. The summed E-state index contributed by atoms with van der Waals surface area (Å²) in [6, 6.07) is 7.84. The van der Waals surface area contributed by atoms with E-state index in [1.807, 2.05) is 38.1 Å². The number of rotatable bonds is 6. The molecule has 0 spiro atoms. The summed E-state index contributed by atoms with van der Waals surface area (Å²) in [5.41, 5.74) is 7.86. The second-order valence-corrected chi connectivity index (χ2v) is 4.62. The van der Waals surface area contributed by atoms with Crippen LogP contribution in [0.5, 0.6) is 0 Å². The van der Waals surface area contributed by atoms with E-state index in [1.165, 1.54) is 0 Å². The van der Waals surface area contributed by atoms with Crippen molar-refractivity contribution in [2.24, 2.45) is 11.7 Å². The number of nitrogens with two attached hydrogens (primary N) is 1. The molecule has 4 heteroatoms. The lowest BCUT2D eigenvalue weighted by atomic mass is 10.0. The Bertz CT molecular complexity index is 391. The van der Waals surface area contributed by atoms with Crippen molar-refractivity contribution < 1.29 is 9.53 Å². The van der Waals surface area contributed by atoms with Crippen molar-refractivity contribution in [2.75, 3.05) is 7.11 Å². The molecule has 0 radical (unpaired) electrons. The van der Waals surface area contributed by atoms with Crippen LogP contribution in [0.15, 0.2) is 24.3 Å². The Balaban J connectivity index is 2.53. The van der Waals surface area contributed by atoms with Gasteiger partial charge in [-0.25, -0.2) is 0 Å². The molecular formula is C14H22N2O2. The molecule has 0 aliphatic rings. The average Bonchev–Trinajstić information content (AvgIpc) is 2.36. The number of methoxy groups -OCH3 is 1. The molecule has 0 fully saturated rings. The highest BCUT2D eigenvalue weighted by molar-refractivity contribution is 5.78.